The van der Waals surface area contributed by atoms with Crippen molar-refractivity contribution < 1.29 is 35.9 Å². The van der Waals surface area contributed by atoms with Crippen molar-refractivity contribution in [3.8, 4) is 22.6 Å². The zero-order valence-electron chi connectivity index (χ0n) is 23.0. The molecule has 0 aliphatic carbocycles. The fourth-order valence-corrected chi connectivity index (χ4v) is 6.02. The molecule has 6 nitrogen and oxygen atoms in total. The molecule has 0 bridgehead atoms. The Morgan fingerprint density at radius 2 is 1.53 bits per heavy atom. The Labute approximate surface area is 246 Å². The van der Waals surface area contributed by atoms with E-state index in [-0.39, 0.29) is 28.6 Å². The first kappa shape index (κ1) is 29.8. The van der Waals surface area contributed by atoms with E-state index in [9.17, 15) is 26.4 Å². The number of carbonyl (C=O) groups is 1. The molecule has 5 aromatic rings. The van der Waals surface area contributed by atoms with Gasteiger partial charge in [-0.15, -0.1) is 0 Å². The van der Waals surface area contributed by atoms with Crippen LogP contribution in [0, 0.1) is 0 Å². The molecule has 220 valence electrons. The minimum atomic E-state index is -4.54. The highest BCUT2D eigenvalue weighted by Crippen LogP contribution is 2.38. The second-order valence-electron chi connectivity index (χ2n) is 9.72. The Morgan fingerprint density at radius 1 is 0.837 bits per heavy atom. The van der Waals surface area contributed by atoms with Crippen molar-refractivity contribution in [2.45, 2.75) is 30.2 Å². The van der Waals surface area contributed by atoms with Crippen LogP contribution in [0.3, 0.4) is 0 Å². The molecule has 0 aliphatic rings. The lowest BCUT2D eigenvalue weighted by molar-refractivity contribution is -0.142. The smallest absolute Gasteiger partial charge is 0.418 e. The summed E-state index contributed by atoms with van der Waals surface area (Å²) >= 11 is 0. The zero-order valence-corrected chi connectivity index (χ0v) is 23.8. The monoisotopic (exact) mass is 605 g/mol. The van der Waals surface area contributed by atoms with Gasteiger partial charge in [0.05, 0.1) is 34.8 Å². The Hall–Kier alpha value is -4.70. The second kappa shape index (κ2) is 12.3. The lowest BCUT2D eigenvalue weighted by Crippen LogP contribution is -2.08. The van der Waals surface area contributed by atoms with Crippen molar-refractivity contribution in [2.75, 3.05) is 6.61 Å². The van der Waals surface area contributed by atoms with Crippen LogP contribution in [0.4, 0.5) is 13.2 Å². The van der Waals surface area contributed by atoms with Gasteiger partial charge in [-0.05, 0) is 77.7 Å². The van der Waals surface area contributed by atoms with Gasteiger partial charge >= 0.3 is 12.1 Å². The molecule has 0 atom stereocenters. The first-order chi connectivity index (χ1) is 20.5. The molecular formula is C33H26F3NO5S. The molecule has 4 aromatic carbocycles. The van der Waals surface area contributed by atoms with Gasteiger partial charge in [0.25, 0.3) is 0 Å². The third kappa shape index (κ3) is 7.03. The fraction of sp³-hybridized carbons (Fsp3) is 0.152. The van der Waals surface area contributed by atoms with Crippen LogP contribution in [0.5, 0.6) is 11.5 Å². The van der Waals surface area contributed by atoms with E-state index in [0.29, 0.717) is 40.2 Å². The van der Waals surface area contributed by atoms with Crippen LogP contribution >= 0.6 is 0 Å². The lowest BCUT2D eigenvalue weighted by Gasteiger charge is -2.13. The van der Waals surface area contributed by atoms with E-state index in [1.807, 2.05) is 0 Å². The molecule has 0 unspecified atom stereocenters. The van der Waals surface area contributed by atoms with E-state index in [2.05, 4.69) is 4.98 Å². The Bertz CT molecular complexity index is 1870. The van der Waals surface area contributed by atoms with Gasteiger partial charge in [-0.2, -0.15) is 13.2 Å². The second-order valence-corrected chi connectivity index (χ2v) is 11.7. The predicted molar refractivity (Wildman–Crippen MR) is 156 cm³/mol. The Morgan fingerprint density at radius 3 is 2.23 bits per heavy atom. The van der Waals surface area contributed by atoms with E-state index < -0.39 is 21.6 Å². The highest BCUT2D eigenvalue weighted by molar-refractivity contribution is 7.90. The molecule has 10 heteroatoms. The molecule has 0 saturated heterocycles. The number of ether oxygens (including phenoxy) is 2. The SMILES string of the molecule is CCOC(=O)Cc1ccc(CS(=O)(=O)c2ccc(Oc3cccc(-c4ccnc5c(C(F)(F)F)cccc45)c3)cc2)cc1. The van der Waals surface area contributed by atoms with Gasteiger partial charge in [0.15, 0.2) is 9.84 Å². The van der Waals surface area contributed by atoms with Crippen molar-refractivity contribution in [1.82, 2.24) is 4.98 Å². The summed E-state index contributed by atoms with van der Waals surface area (Å²) in [6.45, 7) is 2.03. The molecule has 0 saturated carbocycles. The summed E-state index contributed by atoms with van der Waals surface area (Å²) in [4.78, 5) is 15.8. The average Bonchev–Trinajstić information content (AvgIpc) is 2.97. The van der Waals surface area contributed by atoms with Gasteiger partial charge in [0.1, 0.15) is 11.5 Å². The summed E-state index contributed by atoms with van der Waals surface area (Å²) in [6.07, 6.45) is -3.08. The molecule has 0 spiro atoms. The van der Waals surface area contributed by atoms with Crippen molar-refractivity contribution in [3.63, 3.8) is 0 Å². The molecule has 1 heterocycles. The maximum atomic E-state index is 13.5. The number of para-hydroxylation sites is 1. The summed E-state index contributed by atoms with van der Waals surface area (Å²) in [5, 5.41) is 0.359. The van der Waals surface area contributed by atoms with Gasteiger partial charge in [-0.1, -0.05) is 48.5 Å². The number of fused-ring (bicyclic) bond motifs is 1. The first-order valence-electron chi connectivity index (χ1n) is 13.3. The number of rotatable bonds is 9. The number of carbonyl (C=O) groups excluding carboxylic acids is 1. The lowest BCUT2D eigenvalue weighted by atomic mass is 9.99. The average molecular weight is 606 g/mol. The number of nitrogens with zero attached hydrogens (tertiary/aromatic N) is 1. The Balaban J connectivity index is 1.31. The van der Waals surface area contributed by atoms with E-state index in [1.165, 1.54) is 24.4 Å². The highest BCUT2D eigenvalue weighted by atomic mass is 32.2. The number of alkyl halides is 3. The summed E-state index contributed by atoms with van der Waals surface area (Å²) in [6, 6.07) is 25.2. The summed E-state index contributed by atoms with van der Waals surface area (Å²) in [5.74, 6) is 0.249. The van der Waals surface area contributed by atoms with Gasteiger partial charge in [0, 0.05) is 11.6 Å². The third-order valence-corrected chi connectivity index (χ3v) is 8.38. The summed E-state index contributed by atoms with van der Waals surface area (Å²) in [7, 11) is -3.66. The molecule has 5 rings (SSSR count). The maximum absolute atomic E-state index is 13.5. The van der Waals surface area contributed by atoms with E-state index in [4.69, 9.17) is 9.47 Å². The van der Waals surface area contributed by atoms with E-state index in [0.717, 1.165) is 11.6 Å². The molecule has 1 aromatic heterocycles. The number of halogens is 3. The molecule has 0 fully saturated rings. The van der Waals surface area contributed by atoms with Crippen molar-refractivity contribution >= 4 is 26.7 Å². The van der Waals surface area contributed by atoms with Crippen LogP contribution in [0.25, 0.3) is 22.0 Å². The topological polar surface area (TPSA) is 82.6 Å². The van der Waals surface area contributed by atoms with Gasteiger partial charge in [0.2, 0.25) is 0 Å². The standard InChI is InChI=1S/C33H26F3NO5S/c1-2-41-31(38)19-22-9-11-23(12-10-22)21-43(39,40)27-15-13-25(14-16-27)42-26-6-3-5-24(20-26)28-17-18-37-32-29(28)7-4-8-30(32)33(34,35)36/h3-18,20H,2,19,21H2,1H3. The van der Waals surface area contributed by atoms with Crippen LogP contribution in [0.1, 0.15) is 23.6 Å². The predicted octanol–water partition coefficient (Wildman–Crippen LogP) is 7.79. The van der Waals surface area contributed by atoms with Gasteiger partial charge in [-0.25, -0.2) is 8.42 Å². The molecule has 0 amide bonds. The fourth-order valence-electron chi connectivity index (χ4n) is 4.67. The molecule has 0 aliphatic heterocycles. The normalized spacial score (nSPS) is 11.8. The van der Waals surface area contributed by atoms with Crippen LogP contribution in [-0.2, 0) is 37.7 Å². The first-order valence-corrected chi connectivity index (χ1v) is 15.0. The van der Waals surface area contributed by atoms with Crippen molar-refractivity contribution in [2.24, 2.45) is 0 Å². The number of pyridine rings is 1. The van der Waals surface area contributed by atoms with Gasteiger partial charge in [-0.3, -0.25) is 9.78 Å². The number of benzene rings is 4. The highest BCUT2D eigenvalue weighted by Gasteiger charge is 2.33. The number of sulfone groups is 1. The van der Waals surface area contributed by atoms with E-state index in [1.54, 1.807) is 79.7 Å². The van der Waals surface area contributed by atoms with Gasteiger partial charge < -0.3 is 9.47 Å². The number of esters is 1. The summed E-state index contributed by atoms with van der Waals surface area (Å²) in [5.41, 5.74) is 1.57. The van der Waals surface area contributed by atoms with Crippen molar-refractivity contribution in [1.29, 1.82) is 0 Å². The molecular weight excluding hydrogens is 579 g/mol. The number of hydrogen-bond donors (Lipinski definition) is 0. The molecule has 0 N–H and O–H groups in total. The van der Waals surface area contributed by atoms with Crippen LogP contribution in [0.2, 0.25) is 0 Å². The number of hydrogen-bond acceptors (Lipinski definition) is 6. The van der Waals surface area contributed by atoms with Crippen LogP contribution in [0.15, 0.2) is 108 Å². The third-order valence-electron chi connectivity index (χ3n) is 6.67. The summed E-state index contributed by atoms with van der Waals surface area (Å²) < 4.78 is 77.5. The molecule has 43 heavy (non-hydrogen) atoms. The van der Waals surface area contributed by atoms with Crippen LogP contribution < -0.4 is 4.74 Å². The number of aromatic nitrogens is 1. The van der Waals surface area contributed by atoms with Crippen molar-refractivity contribution in [3.05, 3.63) is 120 Å². The van der Waals surface area contributed by atoms with Crippen LogP contribution in [-0.4, -0.2) is 26.0 Å². The minimum Gasteiger partial charge on any atom is -0.466 e. The zero-order chi connectivity index (χ0) is 30.6. The Kier molecular flexibility index (Phi) is 8.50. The van der Waals surface area contributed by atoms with E-state index >= 15 is 0 Å². The largest absolute Gasteiger partial charge is 0.466 e. The molecule has 0 radical (unpaired) electrons. The maximum Gasteiger partial charge on any atom is 0.418 e. The minimum absolute atomic E-state index is 0.114. The quantitative estimate of drug-likeness (QED) is 0.160.